The fourth-order valence-electron chi connectivity index (χ4n) is 2.14. The summed E-state index contributed by atoms with van der Waals surface area (Å²) in [6, 6.07) is 14.1. The summed E-state index contributed by atoms with van der Waals surface area (Å²) in [4.78, 5) is 35.8. The van der Waals surface area contributed by atoms with E-state index in [1.54, 1.807) is 54.6 Å². The van der Waals surface area contributed by atoms with Crippen molar-refractivity contribution in [1.29, 1.82) is 0 Å². The number of hydrogen-bond acceptors (Lipinski definition) is 5. The Morgan fingerprint density at radius 2 is 1.61 bits per heavy atom. The maximum absolute atomic E-state index is 12.0. The first-order valence-corrected chi connectivity index (χ1v) is 9.16. The molecule has 7 nitrogen and oxygen atoms in total. The first-order valence-electron chi connectivity index (χ1n) is 8.75. The molecule has 0 aromatic heterocycles. The van der Waals surface area contributed by atoms with Crippen LogP contribution in [0.15, 0.2) is 54.6 Å². The molecule has 0 atom stereocenters. The number of urea groups is 1. The lowest BCUT2D eigenvalue weighted by molar-refractivity contribution is 0.0499. The molecule has 0 aliphatic rings. The number of nitrogens with one attached hydrogen (secondary N) is 3. The Kier molecular flexibility index (Phi) is 8.11. The van der Waals surface area contributed by atoms with E-state index in [1.807, 2.05) is 6.92 Å². The lowest BCUT2D eigenvalue weighted by Gasteiger charge is -2.10. The van der Waals surface area contributed by atoms with Gasteiger partial charge in [-0.2, -0.15) is 0 Å². The Morgan fingerprint density at radius 1 is 0.929 bits per heavy atom. The Bertz CT molecular complexity index is 838. The SMILES string of the molecule is CCCCOC(=O)c1ccc(NC(=O)NC(=S)NC(=O)c2ccccc2)cc1. The van der Waals surface area contributed by atoms with E-state index in [0.717, 1.165) is 12.8 Å². The van der Waals surface area contributed by atoms with Crippen LogP contribution in [0.5, 0.6) is 0 Å². The van der Waals surface area contributed by atoms with Crippen molar-refractivity contribution in [3.8, 4) is 0 Å². The third kappa shape index (κ3) is 6.81. The van der Waals surface area contributed by atoms with Crippen LogP contribution in [0.25, 0.3) is 0 Å². The van der Waals surface area contributed by atoms with Crippen LogP contribution in [0.1, 0.15) is 40.5 Å². The number of thiocarbonyl (C=S) groups is 1. The molecule has 3 N–H and O–H groups in total. The van der Waals surface area contributed by atoms with E-state index in [4.69, 9.17) is 17.0 Å². The van der Waals surface area contributed by atoms with Crippen molar-refractivity contribution in [3.05, 3.63) is 65.7 Å². The van der Waals surface area contributed by atoms with Gasteiger partial charge in [-0.3, -0.25) is 15.4 Å². The van der Waals surface area contributed by atoms with Crippen LogP contribution < -0.4 is 16.0 Å². The molecule has 2 aromatic rings. The van der Waals surface area contributed by atoms with Crippen molar-refractivity contribution in [2.75, 3.05) is 11.9 Å². The maximum Gasteiger partial charge on any atom is 0.338 e. The number of anilines is 1. The summed E-state index contributed by atoms with van der Waals surface area (Å²) in [5.41, 5.74) is 1.28. The number of amides is 3. The minimum absolute atomic E-state index is 0.123. The van der Waals surface area contributed by atoms with Crippen LogP contribution in [-0.2, 0) is 4.74 Å². The third-order valence-electron chi connectivity index (χ3n) is 3.60. The predicted octanol–water partition coefficient (Wildman–Crippen LogP) is 3.48. The van der Waals surface area contributed by atoms with E-state index < -0.39 is 17.9 Å². The molecule has 0 fully saturated rings. The van der Waals surface area contributed by atoms with Crippen LogP contribution in [0.4, 0.5) is 10.5 Å². The molecule has 28 heavy (non-hydrogen) atoms. The van der Waals surface area contributed by atoms with Crippen molar-refractivity contribution < 1.29 is 19.1 Å². The van der Waals surface area contributed by atoms with E-state index >= 15 is 0 Å². The molecule has 0 heterocycles. The smallest absolute Gasteiger partial charge is 0.338 e. The van der Waals surface area contributed by atoms with Gasteiger partial charge in [0.1, 0.15) is 0 Å². The van der Waals surface area contributed by atoms with E-state index in [0.29, 0.717) is 23.4 Å². The summed E-state index contributed by atoms with van der Waals surface area (Å²) in [6.45, 7) is 2.39. The highest BCUT2D eigenvalue weighted by atomic mass is 32.1. The Labute approximate surface area is 168 Å². The number of carbonyl (C=O) groups is 3. The van der Waals surface area contributed by atoms with E-state index in [-0.39, 0.29) is 5.11 Å². The molecule has 2 rings (SSSR count). The highest BCUT2D eigenvalue weighted by Crippen LogP contribution is 2.11. The first-order chi connectivity index (χ1) is 13.5. The van der Waals surface area contributed by atoms with Gasteiger partial charge in [0.2, 0.25) is 0 Å². The van der Waals surface area contributed by atoms with Gasteiger partial charge in [-0.05, 0) is 55.0 Å². The molecule has 0 saturated carbocycles. The number of esters is 1. The highest BCUT2D eigenvalue weighted by molar-refractivity contribution is 7.80. The second-order valence-electron chi connectivity index (χ2n) is 5.80. The van der Waals surface area contributed by atoms with Crippen molar-refractivity contribution in [2.24, 2.45) is 0 Å². The van der Waals surface area contributed by atoms with Gasteiger partial charge in [0.15, 0.2) is 5.11 Å². The van der Waals surface area contributed by atoms with Crippen LogP contribution >= 0.6 is 12.2 Å². The zero-order chi connectivity index (χ0) is 20.4. The molecule has 0 aliphatic carbocycles. The van der Waals surface area contributed by atoms with Gasteiger partial charge >= 0.3 is 12.0 Å². The zero-order valence-electron chi connectivity index (χ0n) is 15.4. The van der Waals surface area contributed by atoms with Gasteiger partial charge in [0, 0.05) is 11.3 Å². The second-order valence-corrected chi connectivity index (χ2v) is 6.20. The first kappa shape index (κ1) is 21.0. The summed E-state index contributed by atoms with van der Waals surface area (Å²) in [5, 5.41) is 7.22. The van der Waals surface area contributed by atoms with E-state index in [2.05, 4.69) is 16.0 Å². The summed E-state index contributed by atoms with van der Waals surface area (Å²) >= 11 is 4.96. The quantitative estimate of drug-likeness (QED) is 0.393. The van der Waals surface area contributed by atoms with Gasteiger partial charge < -0.3 is 10.1 Å². The molecule has 0 spiro atoms. The number of carbonyl (C=O) groups excluding carboxylic acids is 3. The molecule has 0 aliphatic heterocycles. The summed E-state index contributed by atoms with van der Waals surface area (Å²) < 4.78 is 5.12. The number of benzene rings is 2. The van der Waals surface area contributed by atoms with Crippen molar-refractivity contribution in [2.45, 2.75) is 19.8 Å². The van der Waals surface area contributed by atoms with Gasteiger partial charge in [-0.25, -0.2) is 9.59 Å². The zero-order valence-corrected chi connectivity index (χ0v) is 16.2. The van der Waals surface area contributed by atoms with Crippen molar-refractivity contribution in [1.82, 2.24) is 10.6 Å². The standard InChI is InChI=1S/C20H21N3O4S/c1-2-3-13-27-18(25)15-9-11-16(12-10-15)21-19(26)23-20(28)22-17(24)14-7-5-4-6-8-14/h4-12H,2-3,13H2,1H3,(H3,21,22,23,24,26,28). The maximum atomic E-state index is 12.0. The molecule has 0 unspecified atom stereocenters. The van der Waals surface area contributed by atoms with E-state index in [1.165, 1.54) is 0 Å². The monoisotopic (exact) mass is 399 g/mol. The predicted molar refractivity (Wildman–Crippen MR) is 110 cm³/mol. The second kappa shape index (κ2) is 10.8. The average Bonchev–Trinajstić information content (AvgIpc) is 2.69. The number of rotatable bonds is 6. The number of unbranched alkanes of at least 4 members (excludes halogenated alkanes) is 1. The largest absolute Gasteiger partial charge is 0.462 e. The molecular weight excluding hydrogens is 378 g/mol. The summed E-state index contributed by atoms with van der Waals surface area (Å²) in [7, 11) is 0. The van der Waals surface area contributed by atoms with Crippen LogP contribution in [0, 0.1) is 0 Å². The molecule has 3 amide bonds. The highest BCUT2D eigenvalue weighted by Gasteiger charge is 2.11. The molecule has 0 saturated heterocycles. The number of ether oxygens (including phenoxy) is 1. The molecule has 8 heteroatoms. The fraction of sp³-hybridized carbons (Fsp3) is 0.200. The minimum atomic E-state index is -0.614. The van der Waals surface area contributed by atoms with E-state index in [9.17, 15) is 14.4 Å². The molecule has 2 aromatic carbocycles. The van der Waals surface area contributed by atoms with Gasteiger partial charge in [-0.15, -0.1) is 0 Å². The average molecular weight is 399 g/mol. The lowest BCUT2D eigenvalue weighted by Crippen LogP contribution is -2.44. The lowest BCUT2D eigenvalue weighted by atomic mass is 10.2. The Balaban J connectivity index is 1.81. The van der Waals surface area contributed by atoms with Crippen LogP contribution in [0.2, 0.25) is 0 Å². The topological polar surface area (TPSA) is 96.5 Å². The molecule has 0 radical (unpaired) electrons. The molecule has 146 valence electrons. The number of hydrogen-bond donors (Lipinski definition) is 3. The van der Waals surface area contributed by atoms with Gasteiger partial charge in [0.05, 0.1) is 12.2 Å². The third-order valence-corrected chi connectivity index (χ3v) is 3.80. The fourth-order valence-corrected chi connectivity index (χ4v) is 2.33. The summed E-state index contributed by atoms with van der Waals surface area (Å²) in [6.07, 6.45) is 1.76. The van der Waals surface area contributed by atoms with Crippen LogP contribution in [0.3, 0.4) is 0 Å². The van der Waals surface area contributed by atoms with Crippen LogP contribution in [-0.4, -0.2) is 29.6 Å². The van der Waals surface area contributed by atoms with Crippen molar-refractivity contribution in [3.63, 3.8) is 0 Å². The minimum Gasteiger partial charge on any atom is -0.462 e. The molecular formula is C20H21N3O4S. The summed E-state index contributed by atoms with van der Waals surface area (Å²) in [5.74, 6) is -0.828. The van der Waals surface area contributed by atoms with Gasteiger partial charge in [0.25, 0.3) is 5.91 Å². The Morgan fingerprint density at radius 3 is 2.25 bits per heavy atom. The normalized spacial score (nSPS) is 9.89. The molecule has 0 bridgehead atoms. The Hall–Kier alpha value is -3.26. The van der Waals surface area contributed by atoms with Gasteiger partial charge in [-0.1, -0.05) is 31.5 Å². The van der Waals surface area contributed by atoms with Crippen molar-refractivity contribution >= 4 is 40.9 Å².